The highest BCUT2D eigenvalue weighted by atomic mass is 127. The number of hydrogen-bond donors (Lipinski definition) is 1. The molecule has 0 amide bonds. The Bertz CT molecular complexity index is 892. The van der Waals surface area contributed by atoms with E-state index < -0.39 is 22.1 Å². The predicted octanol–water partition coefficient (Wildman–Crippen LogP) is 3.08. The Morgan fingerprint density at radius 2 is 1.77 bits per heavy atom. The molecule has 0 heterocycles. The summed E-state index contributed by atoms with van der Waals surface area (Å²) in [4.78, 5) is 23.3. The van der Waals surface area contributed by atoms with E-state index in [1.807, 2.05) is 6.07 Å². The highest BCUT2D eigenvalue weighted by Crippen LogP contribution is 2.16. The molecular weight excluding hydrogens is 475 g/mol. The normalized spacial score (nSPS) is 11.0. The molecule has 0 aliphatic carbocycles. The van der Waals surface area contributed by atoms with Crippen LogP contribution >= 0.6 is 22.6 Å². The molecule has 1 N–H and O–H groups in total. The lowest BCUT2D eigenvalue weighted by Gasteiger charge is -2.06. The fourth-order valence-electron chi connectivity index (χ4n) is 1.94. The van der Waals surface area contributed by atoms with Crippen LogP contribution in [0.25, 0.3) is 0 Å². The fraction of sp³-hybridized carbons (Fsp3) is 0.176. The lowest BCUT2D eigenvalue weighted by Crippen LogP contribution is -2.11. The third-order valence-electron chi connectivity index (χ3n) is 3.17. The van der Waals surface area contributed by atoms with E-state index in [0.717, 1.165) is 15.7 Å². The van der Waals surface area contributed by atoms with E-state index in [4.69, 9.17) is 14.0 Å². The van der Waals surface area contributed by atoms with Crippen LogP contribution < -0.4 is 4.74 Å². The summed E-state index contributed by atoms with van der Waals surface area (Å²) in [5.74, 6) is -0.856. The Balaban J connectivity index is 1.74. The van der Waals surface area contributed by atoms with Crippen molar-refractivity contribution in [2.75, 3.05) is 6.61 Å². The van der Waals surface area contributed by atoms with Gasteiger partial charge in [-0.2, -0.15) is 8.42 Å². The van der Waals surface area contributed by atoms with Crippen LogP contribution in [0.1, 0.15) is 23.2 Å². The molecule has 0 atom stereocenters. The summed E-state index contributed by atoms with van der Waals surface area (Å²) in [6, 6.07) is 11.7. The van der Waals surface area contributed by atoms with E-state index in [9.17, 15) is 18.0 Å². The number of halogens is 1. The standard InChI is InChI=1S/C17H15IO7S/c18-13-4-1-3-12(11-13)17(20)24-10-2-5-16(19)25-14-6-8-15(9-7-14)26(21,22)23/h1,3-4,6-9,11H,2,5,10H2,(H,21,22,23). The van der Waals surface area contributed by atoms with E-state index in [1.54, 1.807) is 18.2 Å². The molecule has 0 aliphatic heterocycles. The van der Waals surface area contributed by atoms with Crippen LogP contribution in [0, 0.1) is 3.57 Å². The van der Waals surface area contributed by atoms with Gasteiger partial charge in [0.15, 0.2) is 0 Å². The van der Waals surface area contributed by atoms with Crippen molar-refractivity contribution in [1.82, 2.24) is 0 Å². The van der Waals surface area contributed by atoms with E-state index in [2.05, 4.69) is 22.6 Å². The Morgan fingerprint density at radius 3 is 2.38 bits per heavy atom. The van der Waals surface area contributed by atoms with Crippen molar-refractivity contribution in [3.8, 4) is 5.75 Å². The van der Waals surface area contributed by atoms with Gasteiger partial charge in [0.05, 0.1) is 17.1 Å². The van der Waals surface area contributed by atoms with Gasteiger partial charge in [-0.15, -0.1) is 0 Å². The highest BCUT2D eigenvalue weighted by Gasteiger charge is 2.11. The van der Waals surface area contributed by atoms with Gasteiger partial charge in [-0.3, -0.25) is 9.35 Å². The minimum absolute atomic E-state index is 0.0274. The summed E-state index contributed by atoms with van der Waals surface area (Å²) in [5, 5.41) is 0. The van der Waals surface area contributed by atoms with Crippen LogP contribution in [0.4, 0.5) is 0 Å². The van der Waals surface area contributed by atoms with Crippen molar-refractivity contribution in [1.29, 1.82) is 0 Å². The molecule has 0 unspecified atom stereocenters. The Hall–Kier alpha value is -1.98. The number of carbonyl (C=O) groups is 2. The molecule has 0 radical (unpaired) electrons. The molecule has 2 rings (SSSR count). The Labute approximate surface area is 164 Å². The molecule has 138 valence electrons. The second-order valence-electron chi connectivity index (χ2n) is 5.17. The maximum atomic E-state index is 11.8. The Kier molecular flexibility index (Phi) is 7.12. The highest BCUT2D eigenvalue weighted by molar-refractivity contribution is 14.1. The molecule has 0 aromatic heterocycles. The van der Waals surface area contributed by atoms with Crippen molar-refractivity contribution < 1.29 is 32.0 Å². The van der Waals surface area contributed by atoms with Crippen LogP contribution in [-0.2, 0) is 19.6 Å². The van der Waals surface area contributed by atoms with E-state index in [-0.39, 0.29) is 30.1 Å². The van der Waals surface area contributed by atoms with Gasteiger partial charge in [-0.25, -0.2) is 4.79 Å². The summed E-state index contributed by atoms with van der Waals surface area (Å²) in [7, 11) is -4.29. The SMILES string of the molecule is O=C(CCCOC(=O)c1cccc(I)c1)Oc1ccc(S(=O)(=O)O)cc1. The van der Waals surface area contributed by atoms with Gasteiger partial charge in [0.25, 0.3) is 10.1 Å². The molecule has 0 spiro atoms. The zero-order valence-electron chi connectivity index (χ0n) is 13.4. The van der Waals surface area contributed by atoms with Gasteiger partial charge in [0, 0.05) is 9.99 Å². The van der Waals surface area contributed by atoms with Gasteiger partial charge in [0.1, 0.15) is 5.75 Å². The van der Waals surface area contributed by atoms with Gasteiger partial charge in [-0.1, -0.05) is 6.07 Å². The average molecular weight is 490 g/mol. The largest absolute Gasteiger partial charge is 0.462 e. The minimum atomic E-state index is -4.29. The lowest BCUT2D eigenvalue weighted by atomic mass is 10.2. The van der Waals surface area contributed by atoms with Crippen LogP contribution in [0.2, 0.25) is 0 Å². The topological polar surface area (TPSA) is 107 Å². The number of carbonyl (C=O) groups excluding carboxylic acids is 2. The molecular formula is C17H15IO7S. The van der Waals surface area contributed by atoms with Crippen LogP contribution in [0.3, 0.4) is 0 Å². The van der Waals surface area contributed by atoms with Crippen molar-refractivity contribution in [2.45, 2.75) is 17.7 Å². The molecule has 26 heavy (non-hydrogen) atoms. The van der Waals surface area contributed by atoms with Gasteiger partial charge < -0.3 is 9.47 Å². The van der Waals surface area contributed by atoms with Crippen LogP contribution in [0.15, 0.2) is 53.4 Å². The number of esters is 2. The number of ether oxygens (including phenoxy) is 2. The number of rotatable bonds is 7. The summed E-state index contributed by atoms with van der Waals surface area (Å²) >= 11 is 2.09. The second kappa shape index (κ2) is 9.10. The molecule has 2 aromatic rings. The number of benzene rings is 2. The van der Waals surface area contributed by atoms with Crippen LogP contribution in [0.5, 0.6) is 5.75 Å². The lowest BCUT2D eigenvalue weighted by molar-refractivity contribution is -0.134. The molecule has 0 saturated heterocycles. The summed E-state index contributed by atoms with van der Waals surface area (Å²) in [6.45, 7) is 0.0705. The van der Waals surface area contributed by atoms with E-state index in [1.165, 1.54) is 12.1 Å². The van der Waals surface area contributed by atoms with Gasteiger partial charge >= 0.3 is 11.9 Å². The summed E-state index contributed by atoms with van der Waals surface area (Å²) in [6.07, 6.45) is 0.317. The monoisotopic (exact) mass is 490 g/mol. The van der Waals surface area contributed by atoms with Crippen molar-refractivity contribution in [3.05, 3.63) is 57.7 Å². The quantitative estimate of drug-likeness (QED) is 0.209. The van der Waals surface area contributed by atoms with E-state index in [0.29, 0.717) is 5.56 Å². The molecule has 7 nitrogen and oxygen atoms in total. The first-order valence-electron chi connectivity index (χ1n) is 7.46. The van der Waals surface area contributed by atoms with Crippen molar-refractivity contribution >= 4 is 44.6 Å². The molecule has 0 saturated carbocycles. The van der Waals surface area contributed by atoms with Crippen LogP contribution in [-0.4, -0.2) is 31.5 Å². The van der Waals surface area contributed by atoms with Gasteiger partial charge in [-0.05, 0) is 71.5 Å². The summed E-state index contributed by atoms with van der Waals surface area (Å²) in [5.41, 5.74) is 0.443. The summed E-state index contributed by atoms with van der Waals surface area (Å²) < 4.78 is 41.8. The van der Waals surface area contributed by atoms with Crippen molar-refractivity contribution in [3.63, 3.8) is 0 Å². The predicted molar refractivity (Wildman–Crippen MR) is 101 cm³/mol. The molecule has 9 heteroatoms. The number of hydrogen-bond acceptors (Lipinski definition) is 6. The fourth-order valence-corrected chi connectivity index (χ4v) is 2.97. The first-order chi connectivity index (χ1) is 12.3. The third kappa shape index (κ3) is 6.39. The Morgan fingerprint density at radius 1 is 1.08 bits per heavy atom. The van der Waals surface area contributed by atoms with Crippen molar-refractivity contribution in [2.24, 2.45) is 0 Å². The average Bonchev–Trinajstić information content (AvgIpc) is 2.58. The van der Waals surface area contributed by atoms with E-state index >= 15 is 0 Å². The minimum Gasteiger partial charge on any atom is -0.462 e. The molecule has 0 aliphatic rings. The maximum absolute atomic E-state index is 11.8. The first-order valence-corrected chi connectivity index (χ1v) is 9.98. The molecule has 2 aromatic carbocycles. The first kappa shape index (κ1) is 20.3. The smallest absolute Gasteiger partial charge is 0.338 e. The maximum Gasteiger partial charge on any atom is 0.338 e. The zero-order chi connectivity index (χ0) is 19.2. The molecule has 0 bridgehead atoms. The second-order valence-corrected chi connectivity index (χ2v) is 7.84. The molecule has 0 fully saturated rings. The third-order valence-corrected chi connectivity index (χ3v) is 4.71. The zero-order valence-corrected chi connectivity index (χ0v) is 16.4. The van der Waals surface area contributed by atoms with Gasteiger partial charge in [0.2, 0.25) is 0 Å².